The average Bonchev–Trinajstić information content (AvgIpc) is 3.25. The number of fused-ring (bicyclic) bond motifs is 7. The molecule has 0 saturated heterocycles. The van der Waals surface area contributed by atoms with Crippen LogP contribution in [0, 0.1) is 0 Å². The van der Waals surface area contributed by atoms with Crippen LogP contribution in [0.25, 0.3) is 32.7 Å². The number of carboxylic acid groups (broad SMARTS) is 1. The third-order valence-electron chi connectivity index (χ3n) is 8.21. The van der Waals surface area contributed by atoms with Gasteiger partial charge in [-0.1, -0.05) is 115 Å². The van der Waals surface area contributed by atoms with Gasteiger partial charge in [-0.05, 0) is 62.0 Å². The highest BCUT2D eigenvalue weighted by atomic mass is 35.5. The molecule has 0 saturated carbocycles. The molecule has 1 heterocycles. The standard InChI is InChI=1S/C37H27ClN2O2.C2HF3O2/c38-29-18-19-33(32(20-29)37(42)26-10-2-1-3-11-26)39-34(41)23-40-21-27-16-14-24-8-4-6-12-30(24)35(27)36-28(22-40)17-15-25-9-5-7-13-31(25)36;3-2(4,5)1(6)7/h1-20H,21-23H2,(H,39,41);(H,6,7). The average molecular weight is 681 g/mol. The summed E-state index contributed by atoms with van der Waals surface area (Å²) >= 11 is 6.26. The SMILES string of the molecule is O=C(CN1Cc2ccc3ccccc3c2-c2c(ccc3ccccc23)C1)Nc1ccc(Cl)cc1C(=O)c1ccccc1.O=C(O)C(F)(F)F. The van der Waals surface area contributed by atoms with Gasteiger partial charge in [-0.3, -0.25) is 14.5 Å². The number of carbonyl (C=O) groups excluding carboxylic acids is 2. The Kier molecular flexibility index (Phi) is 9.49. The van der Waals surface area contributed by atoms with Crippen molar-refractivity contribution in [2.75, 3.05) is 11.9 Å². The van der Waals surface area contributed by atoms with E-state index >= 15 is 0 Å². The maximum Gasteiger partial charge on any atom is 0.490 e. The number of hydrogen-bond donors (Lipinski definition) is 2. The highest BCUT2D eigenvalue weighted by molar-refractivity contribution is 6.31. The minimum absolute atomic E-state index is 0.167. The van der Waals surface area contributed by atoms with Crippen LogP contribution in [0.1, 0.15) is 27.0 Å². The molecule has 0 bridgehead atoms. The van der Waals surface area contributed by atoms with Crippen LogP contribution in [-0.4, -0.2) is 40.4 Å². The number of alkyl halides is 3. The molecule has 0 atom stereocenters. The molecule has 49 heavy (non-hydrogen) atoms. The van der Waals surface area contributed by atoms with Crippen LogP contribution >= 0.6 is 11.6 Å². The first-order valence-corrected chi connectivity index (χ1v) is 15.6. The number of benzene rings is 6. The van der Waals surface area contributed by atoms with Gasteiger partial charge in [-0.25, -0.2) is 4.79 Å². The Morgan fingerprint density at radius 1 is 0.714 bits per heavy atom. The molecule has 1 aliphatic rings. The number of nitrogens with zero attached hydrogens (tertiary/aromatic N) is 1. The van der Waals surface area contributed by atoms with Gasteiger partial charge in [0.25, 0.3) is 0 Å². The summed E-state index contributed by atoms with van der Waals surface area (Å²) in [5, 5.41) is 15.4. The lowest BCUT2D eigenvalue weighted by Crippen LogP contribution is -2.32. The Balaban J connectivity index is 0.000000540. The summed E-state index contributed by atoms with van der Waals surface area (Å²) in [6.45, 7) is 1.40. The van der Waals surface area contributed by atoms with E-state index in [1.807, 2.05) is 18.2 Å². The number of halogens is 4. The minimum atomic E-state index is -5.08. The second-order valence-corrected chi connectivity index (χ2v) is 12.0. The van der Waals surface area contributed by atoms with Crippen LogP contribution in [0.3, 0.4) is 0 Å². The first kappa shape index (κ1) is 33.4. The second kappa shape index (κ2) is 13.9. The predicted molar refractivity (Wildman–Crippen MR) is 185 cm³/mol. The summed E-state index contributed by atoms with van der Waals surface area (Å²) in [6.07, 6.45) is -5.08. The van der Waals surface area contributed by atoms with Crippen molar-refractivity contribution < 1.29 is 32.7 Å². The molecule has 0 radical (unpaired) electrons. The Hall–Kier alpha value is -5.51. The number of rotatable bonds is 5. The molecular formula is C39H28ClF3N2O4. The number of nitrogens with one attached hydrogen (secondary N) is 1. The van der Waals surface area contributed by atoms with Gasteiger partial charge in [0.2, 0.25) is 5.91 Å². The van der Waals surface area contributed by atoms with Gasteiger partial charge in [0.05, 0.1) is 12.2 Å². The molecule has 1 aliphatic heterocycles. The zero-order chi connectivity index (χ0) is 34.7. The summed E-state index contributed by atoms with van der Waals surface area (Å²) in [6, 6.07) is 39.7. The minimum Gasteiger partial charge on any atom is -0.475 e. The fourth-order valence-corrected chi connectivity index (χ4v) is 6.26. The van der Waals surface area contributed by atoms with E-state index in [2.05, 4.69) is 83.0 Å². The lowest BCUT2D eigenvalue weighted by atomic mass is 9.88. The number of carboxylic acids is 1. The second-order valence-electron chi connectivity index (χ2n) is 11.5. The molecule has 6 aromatic carbocycles. The van der Waals surface area contributed by atoms with Crippen molar-refractivity contribution in [3.05, 3.63) is 149 Å². The molecule has 0 unspecified atom stereocenters. The monoisotopic (exact) mass is 680 g/mol. The molecule has 2 N–H and O–H groups in total. The molecule has 246 valence electrons. The quantitative estimate of drug-likeness (QED) is 0.177. The molecule has 6 nitrogen and oxygen atoms in total. The van der Waals surface area contributed by atoms with Crippen molar-refractivity contribution in [3.63, 3.8) is 0 Å². The Bertz CT molecular complexity index is 2130. The molecular weight excluding hydrogens is 653 g/mol. The topological polar surface area (TPSA) is 86.7 Å². The zero-order valence-corrected chi connectivity index (χ0v) is 26.6. The Morgan fingerprint density at radius 2 is 1.22 bits per heavy atom. The first-order valence-electron chi connectivity index (χ1n) is 15.2. The van der Waals surface area contributed by atoms with E-state index in [1.54, 1.807) is 30.3 Å². The van der Waals surface area contributed by atoms with Gasteiger partial charge in [-0.2, -0.15) is 13.2 Å². The van der Waals surface area contributed by atoms with Crippen LogP contribution in [0.2, 0.25) is 5.02 Å². The van der Waals surface area contributed by atoms with Gasteiger partial charge in [0.1, 0.15) is 0 Å². The van der Waals surface area contributed by atoms with E-state index in [9.17, 15) is 22.8 Å². The zero-order valence-electron chi connectivity index (χ0n) is 25.8. The molecule has 1 amide bonds. The van der Waals surface area contributed by atoms with Crippen LogP contribution in [0.5, 0.6) is 0 Å². The van der Waals surface area contributed by atoms with Crippen molar-refractivity contribution in [2.24, 2.45) is 0 Å². The molecule has 0 spiro atoms. The van der Waals surface area contributed by atoms with Crippen molar-refractivity contribution in [1.29, 1.82) is 0 Å². The summed E-state index contributed by atoms with van der Waals surface area (Å²) < 4.78 is 31.7. The smallest absolute Gasteiger partial charge is 0.475 e. The van der Waals surface area contributed by atoms with E-state index in [-0.39, 0.29) is 18.2 Å². The molecule has 0 aromatic heterocycles. The van der Waals surface area contributed by atoms with E-state index < -0.39 is 12.1 Å². The van der Waals surface area contributed by atoms with Crippen LogP contribution in [0.4, 0.5) is 18.9 Å². The lowest BCUT2D eigenvalue weighted by molar-refractivity contribution is -0.192. The number of hydrogen-bond acceptors (Lipinski definition) is 4. The van der Waals surface area contributed by atoms with Gasteiger partial charge < -0.3 is 10.4 Å². The summed E-state index contributed by atoms with van der Waals surface area (Å²) in [5.74, 6) is -3.14. The number of amides is 1. The highest BCUT2D eigenvalue weighted by Gasteiger charge is 2.38. The van der Waals surface area contributed by atoms with Crippen LogP contribution in [0.15, 0.2) is 121 Å². The molecule has 10 heteroatoms. The maximum atomic E-state index is 13.5. The Labute approximate surface area is 284 Å². The number of carbonyl (C=O) groups is 3. The highest BCUT2D eigenvalue weighted by Crippen LogP contribution is 2.42. The molecule has 0 aliphatic carbocycles. The van der Waals surface area contributed by atoms with Crippen molar-refractivity contribution in [3.8, 4) is 11.1 Å². The van der Waals surface area contributed by atoms with E-state index in [0.717, 1.165) is 0 Å². The Morgan fingerprint density at radius 3 is 1.76 bits per heavy atom. The van der Waals surface area contributed by atoms with Crippen molar-refractivity contribution in [1.82, 2.24) is 4.90 Å². The normalized spacial score (nSPS) is 12.7. The fourth-order valence-electron chi connectivity index (χ4n) is 6.09. The van der Waals surface area contributed by atoms with Crippen LogP contribution < -0.4 is 5.32 Å². The maximum absolute atomic E-state index is 13.5. The first-order chi connectivity index (χ1) is 23.5. The van der Waals surface area contributed by atoms with Crippen LogP contribution in [-0.2, 0) is 22.7 Å². The van der Waals surface area contributed by atoms with Gasteiger partial charge in [0, 0.05) is 29.2 Å². The van der Waals surface area contributed by atoms with E-state index in [0.29, 0.717) is 34.9 Å². The van der Waals surface area contributed by atoms with Crippen molar-refractivity contribution in [2.45, 2.75) is 19.3 Å². The number of anilines is 1. The van der Waals surface area contributed by atoms with Gasteiger partial charge in [0.15, 0.2) is 5.78 Å². The largest absolute Gasteiger partial charge is 0.490 e. The van der Waals surface area contributed by atoms with E-state index in [4.69, 9.17) is 21.5 Å². The van der Waals surface area contributed by atoms with Crippen molar-refractivity contribution >= 4 is 56.5 Å². The summed E-state index contributed by atoms with van der Waals surface area (Å²) in [7, 11) is 0. The summed E-state index contributed by atoms with van der Waals surface area (Å²) in [5.41, 5.74) is 6.19. The van der Waals surface area contributed by atoms with E-state index in [1.165, 1.54) is 43.8 Å². The predicted octanol–water partition coefficient (Wildman–Crippen LogP) is 9.13. The third kappa shape index (κ3) is 7.33. The lowest BCUT2D eigenvalue weighted by Gasteiger charge is -2.21. The molecule has 6 aromatic rings. The van der Waals surface area contributed by atoms with Gasteiger partial charge >= 0.3 is 12.1 Å². The summed E-state index contributed by atoms with van der Waals surface area (Å²) in [4.78, 5) is 37.9. The third-order valence-corrected chi connectivity index (χ3v) is 8.45. The number of ketones is 1. The molecule has 0 fully saturated rings. The number of aliphatic carboxylic acids is 1. The fraction of sp³-hybridized carbons (Fsp3) is 0.103. The van der Waals surface area contributed by atoms with Gasteiger partial charge in [-0.15, -0.1) is 0 Å². The molecule has 7 rings (SSSR count).